The minimum absolute atomic E-state index is 0. The predicted molar refractivity (Wildman–Crippen MR) is 118 cm³/mol. The molecule has 0 bridgehead atoms. The smallest absolute Gasteiger partial charge is 1.00 e. The largest absolute Gasteiger partial charge is 1.00 e. The summed E-state index contributed by atoms with van der Waals surface area (Å²) in [6.07, 6.45) is 0. The Morgan fingerprint density at radius 3 is 1.32 bits per heavy atom. The SMILES string of the molecule is CCOCC.CCOc1ccc(NC(=S)Nc2ccc(OCC)cc2)cc1.[H-].[Na+]. The first-order valence-corrected chi connectivity index (χ1v) is 9.65. The van der Waals surface area contributed by atoms with Gasteiger partial charge in [0.2, 0.25) is 0 Å². The van der Waals surface area contributed by atoms with Gasteiger partial charge in [0, 0.05) is 24.6 Å². The van der Waals surface area contributed by atoms with Gasteiger partial charge >= 0.3 is 29.6 Å². The van der Waals surface area contributed by atoms with Crippen LogP contribution in [-0.4, -0.2) is 31.5 Å². The molecule has 0 aromatic heterocycles. The van der Waals surface area contributed by atoms with Crippen LogP contribution in [0.5, 0.6) is 11.5 Å². The van der Waals surface area contributed by atoms with Crippen molar-refractivity contribution in [1.82, 2.24) is 0 Å². The molecule has 5 nitrogen and oxygen atoms in total. The Morgan fingerprint density at radius 1 is 0.714 bits per heavy atom. The summed E-state index contributed by atoms with van der Waals surface area (Å²) < 4.78 is 15.6. The molecule has 0 aliphatic rings. The third kappa shape index (κ3) is 11.5. The second-order valence-corrected chi connectivity index (χ2v) is 5.68. The molecule has 2 rings (SSSR count). The molecule has 0 spiro atoms. The summed E-state index contributed by atoms with van der Waals surface area (Å²) in [6, 6.07) is 15.3. The monoisotopic (exact) mass is 414 g/mol. The molecule has 0 saturated heterocycles. The zero-order valence-corrected chi connectivity index (χ0v) is 20.4. The van der Waals surface area contributed by atoms with E-state index >= 15 is 0 Å². The summed E-state index contributed by atoms with van der Waals surface area (Å²) in [5.74, 6) is 1.69. The van der Waals surface area contributed by atoms with E-state index in [-0.39, 0.29) is 31.0 Å². The summed E-state index contributed by atoms with van der Waals surface area (Å²) in [5, 5.41) is 6.80. The topological polar surface area (TPSA) is 51.8 Å². The van der Waals surface area contributed by atoms with E-state index in [9.17, 15) is 0 Å². The van der Waals surface area contributed by atoms with E-state index in [1.807, 2.05) is 76.2 Å². The van der Waals surface area contributed by atoms with Crippen molar-refractivity contribution in [2.45, 2.75) is 27.7 Å². The van der Waals surface area contributed by atoms with E-state index in [2.05, 4.69) is 10.6 Å². The van der Waals surface area contributed by atoms with Gasteiger partial charge in [-0.25, -0.2) is 0 Å². The molecule has 0 saturated carbocycles. The molecular formula is C21H31N2NaO3S. The van der Waals surface area contributed by atoms with Gasteiger partial charge in [-0.15, -0.1) is 0 Å². The van der Waals surface area contributed by atoms with Crippen LogP contribution < -0.4 is 49.7 Å². The number of thiocarbonyl (C=S) groups is 1. The number of benzene rings is 2. The summed E-state index contributed by atoms with van der Waals surface area (Å²) >= 11 is 5.30. The molecular weight excluding hydrogens is 383 g/mol. The van der Waals surface area contributed by atoms with Crippen molar-refractivity contribution in [3.8, 4) is 11.5 Å². The molecule has 7 heteroatoms. The number of ether oxygens (including phenoxy) is 3. The van der Waals surface area contributed by atoms with Gasteiger partial charge in [-0.2, -0.15) is 0 Å². The first-order valence-electron chi connectivity index (χ1n) is 9.24. The standard InChI is InChI=1S/C17H20N2O2S.C4H10O.Na.H/c1-3-20-15-9-5-13(6-10-15)18-17(22)19-14-7-11-16(12-8-14)21-4-2;1-3-5-4-2;;/h5-12H,3-4H2,1-2H3,(H2,18,19,22);3-4H2,1-2H3;;/q;;+1;-1. The molecule has 0 heterocycles. The van der Waals surface area contributed by atoms with Crippen LogP contribution in [0.4, 0.5) is 11.4 Å². The van der Waals surface area contributed by atoms with Crippen molar-refractivity contribution in [1.29, 1.82) is 0 Å². The summed E-state index contributed by atoms with van der Waals surface area (Å²) in [5.41, 5.74) is 1.82. The number of hydrogen-bond donors (Lipinski definition) is 2. The van der Waals surface area contributed by atoms with Gasteiger partial charge in [-0.05, 0) is 88.4 Å². The van der Waals surface area contributed by atoms with Crippen LogP contribution >= 0.6 is 12.2 Å². The third-order valence-electron chi connectivity index (χ3n) is 3.25. The third-order valence-corrected chi connectivity index (χ3v) is 3.46. The number of rotatable bonds is 8. The van der Waals surface area contributed by atoms with Crippen molar-refractivity contribution < 1.29 is 45.2 Å². The zero-order chi connectivity index (χ0) is 19.9. The maximum atomic E-state index is 5.40. The van der Waals surface area contributed by atoms with Crippen molar-refractivity contribution in [2.75, 3.05) is 37.1 Å². The molecule has 0 aliphatic heterocycles. The molecule has 0 atom stereocenters. The predicted octanol–water partition coefficient (Wildman–Crippen LogP) is 2.45. The van der Waals surface area contributed by atoms with E-state index in [1.54, 1.807) is 0 Å². The van der Waals surface area contributed by atoms with Crippen LogP contribution in [0.25, 0.3) is 0 Å². The first kappa shape index (κ1) is 26.7. The van der Waals surface area contributed by atoms with Crippen LogP contribution in [0.3, 0.4) is 0 Å². The molecule has 0 aliphatic carbocycles. The minimum Gasteiger partial charge on any atom is -1.00 e. The molecule has 0 amide bonds. The van der Waals surface area contributed by atoms with Gasteiger partial charge in [-0.1, -0.05) is 0 Å². The van der Waals surface area contributed by atoms with Crippen LogP contribution in [0.1, 0.15) is 29.1 Å². The van der Waals surface area contributed by atoms with Gasteiger partial charge in [0.1, 0.15) is 11.5 Å². The summed E-state index contributed by atoms with van der Waals surface area (Å²) in [4.78, 5) is 0. The number of hydrogen-bond acceptors (Lipinski definition) is 4. The fourth-order valence-electron chi connectivity index (χ4n) is 2.10. The molecule has 2 N–H and O–H groups in total. The Balaban J connectivity index is 0. The zero-order valence-electron chi connectivity index (χ0n) is 18.6. The Morgan fingerprint density at radius 2 is 1.07 bits per heavy atom. The summed E-state index contributed by atoms with van der Waals surface area (Å²) in [6.45, 7) is 10.9. The van der Waals surface area contributed by atoms with E-state index in [0.717, 1.165) is 36.1 Å². The summed E-state index contributed by atoms with van der Waals surface area (Å²) in [7, 11) is 0. The Hall–Kier alpha value is -1.31. The van der Waals surface area contributed by atoms with Crippen molar-refractivity contribution in [3.63, 3.8) is 0 Å². The van der Waals surface area contributed by atoms with E-state index in [4.69, 9.17) is 26.4 Å². The normalized spacial score (nSPS) is 9.29. The Labute approximate surface area is 197 Å². The van der Waals surface area contributed by atoms with Gasteiger partial charge < -0.3 is 26.3 Å². The average molecular weight is 415 g/mol. The molecule has 0 unspecified atom stereocenters. The van der Waals surface area contributed by atoms with Gasteiger partial charge in [0.15, 0.2) is 5.11 Å². The number of nitrogens with one attached hydrogen (secondary N) is 2. The fourth-order valence-corrected chi connectivity index (χ4v) is 2.34. The maximum absolute atomic E-state index is 5.40. The van der Waals surface area contributed by atoms with Gasteiger partial charge in [0.05, 0.1) is 13.2 Å². The Bertz CT molecular complexity index is 602. The van der Waals surface area contributed by atoms with E-state index in [1.165, 1.54) is 0 Å². The van der Waals surface area contributed by atoms with Crippen molar-refractivity contribution in [2.24, 2.45) is 0 Å². The van der Waals surface area contributed by atoms with Gasteiger partial charge in [-0.3, -0.25) is 0 Å². The molecule has 0 radical (unpaired) electrons. The average Bonchev–Trinajstić information content (AvgIpc) is 2.66. The maximum Gasteiger partial charge on any atom is 1.00 e. The molecule has 0 fully saturated rings. The van der Waals surface area contributed by atoms with Crippen LogP contribution in [-0.2, 0) is 4.74 Å². The first-order chi connectivity index (χ1) is 13.1. The van der Waals surface area contributed by atoms with Crippen LogP contribution in [0, 0.1) is 0 Å². The molecule has 150 valence electrons. The van der Waals surface area contributed by atoms with E-state index < -0.39 is 0 Å². The van der Waals surface area contributed by atoms with Gasteiger partial charge in [0.25, 0.3) is 0 Å². The van der Waals surface area contributed by atoms with Crippen LogP contribution in [0.2, 0.25) is 0 Å². The number of anilines is 2. The van der Waals surface area contributed by atoms with Crippen LogP contribution in [0.15, 0.2) is 48.5 Å². The van der Waals surface area contributed by atoms with Crippen molar-refractivity contribution >= 4 is 28.7 Å². The second kappa shape index (κ2) is 16.6. The second-order valence-electron chi connectivity index (χ2n) is 5.28. The molecule has 28 heavy (non-hydrogen) atoms. The quantitative estimate of drug-likeness (QED) is 0.511. The molecule has 2 aromatic carbocycles. The minimum atomic E-state index is 0. The van der Waals surface area contributed by atoms with Crippen molar-refractivity contribution in [3.05, 3.63) is 48.5 Å². The Kier molecular flexibility index (Phi) is 15.8. The van der Waals surface area contributed by atoms with E-state index in [0.29, 0.717) is 18.3 Å². The molecule has 2 aromatic rings. The fraction of sp³-hybridized carbons (Fsp3) is 0.381.